The molecule has 0 radical (unpaired) electrons. The number of rotatable bonds is 4. The summed E-state index contributed by atoms with van der Waals surface area (Å²) in [4.78, 5) is 12.2. The molecule has 0 bridgehead atoms. The van der Waals surface area contributed by atoms with Gasteiger partial charge in [-0.1, -0.05) is 55.8 Å². The molecule has 0 saturated heterocycles. The number of benzene rings is 2. The molecule has 0 heterocycles. The van der Waals surface area contributed by atoms with E-state index in [0.29, 0.717) is 5.92 Å². The summed E-state index contributed by atoms with van der Waals surface area (Å²) in [5.74, 6) is -0.674. The smallest absolute Gasteiger partial charge is 0.256 e. The highest BCUT2D eigenvalue weighted by atomic mass is 35.5. The van der Waals surface area contributed by atoms with Crippen molar-refractivity contribution in [2.75, 3.05) is 0 Å². The molecule has 0 spiro atoms. The van der Waals surface area contributed by atoms with Crippen molar-refractivity contribution in [3.05, 3.63) is 70.0 Å². The summed E-state index contributed by atoms with van der Waals surface area (Å²) in [7, 11) is 0. The topological polar surface area (TPSA) is 29.1 Å². The molecular formula is C18H19ClFNO. The summed E-state index contributed by atoms with van der Waals surface area (Å²) < 4.78 is 13.8. The quantitative estimate of drug-likeness (QED) is 0.835. The van der Waals surface area contributed by atoms with Gasteiger partial charge in [0, 0.05) is 0 Å². The van der Waals surface area contributed by atoms with Crippen molar-refractivity contribution < 1.29 is 9.18 Å². The van der Waals surface area contributed by atoms with E-state index in [9.17, 15) is 9.18 Å². The number of amides is 1. The molecule has 4 heteroatoms. The maximum Gasteiger partial charge on any atom is 0.256 e. The molecule has 2 aromatic carbocycles. The van der Waals surface area contributed by atoms with Crippen LogP contribution >= 0.6 is 11.6 Å². The second kappa shape index (κ2) is 6.93. The van der Waals surface area contributed by atoms with Crippen LogP contribution in [0.4, 0.5) is 4.39 Å². The molecule has 0 aliphatic carbocycles. The first-order valence-electron chi connectivity index (χ1n) is 7.25. The Hall–Kier alpha value is -1.87. The van der Waals surface area contributed by atoms with Crippen LogP contribution in [0.25, 0.3) is 0 Å². The molecule has 22 heavy (non-hydrogen) atoms. The SMILES string of the molecule is CC(C)c1ccc(C(C)NC(=O)c2c(F)cccc2Cl)cc1. The predicted octanol–water partition coefficient (Wildman–Crippen LogP) is 5.09. The fourth-order valence-electron chi connectivity index (χ4n) is 2.24. The Kier molecular flexibility index (Phi) is 5.19. The first-order chi connectivity index (χ1) is 10.4. The van der Waals surface area contributed by atoms with Gasteiger partial charge >= 0.3 is 0 Å². The van der Waals surface area contributed by atoms with Crippen molar-refractivity contribution in [1.82, 2.24) is 5.32 Å². The van der Waals surface area contributed by atoms with Crippen LogP contribution in [0.1, 0.15) is 54.2 Å². The van der Waals surface area contributed by atoms with Crippen LogP contribution in [0.3, 0.4) is 0 Å². The molecule has 1 amide bonds. The zero-order valence-electron chi connectivity index (χ0n) is 12.9. The number of hydrogen-bond acceptors (Lipinski definition) is 1. The number of halogens is 2. The van der Waals surface area contributed by atoms with Gasteiger partial charge in [-0.25, -0.2) is 4.39 Å². The molecule has 0 fully saturated rings. The fraction of sp³-hybridized carbons (Fsp3) is 0.278. The van der Waals surface area contributed by atoms with Crippen LogP contribution in [-0.2, 0) is 0 Å². The van der Waals surface area contributed by atoms with E-state index in [1.165, 1.54) is 23.8 Å². The van der Waals surface area contributed by atoms with Crippen LogP contribution in [-0.4, -0.2) is 5.91 Å². The van der Waals surface area contributed by atoms with Crippen molar-refractivity contribution in [3.8, 4) is 0 Å². The first kappa shape index (κ1) is 16.5. The van der Waals surface area contributed by atoms with E-state index in [1.807, 2.05) is 31.2 Å². The van der Waals surface area contributed by atoms with Crippen molar-refractivity contribution in [2.24, 2.45) is 0 Å². The monoisotopic (exact) mass is 319 g/mol. The number of hydrogen-bond donors (Lipinski definition) is 1. The standard InChI is InChI=1S/C18H19ClFNO/c1-11(2)13-7-9-14(10-8-13)12(3)21-18(22)17-15(19)5-4-6-16(17)20/h4-12H,1-3H3,(H,21,22). The third-order valence-corrected chi connectivity index (χ3v) is 3.96. The predicted molar refractivity (Wildman–Crippen MR) is 87.8 cm³/mol. The Morgan fingerprint density at radius 3 is 2.18 bits per heavy atom. The molecule has 1 unspecified atom stereocenters. The summed E-state index contributed by atoms with van der Waals surface area (Å²) >= 11 is 5.91. The van der Waals surface area contributed by atoms with Gasteiger partial charge in [0.05, 0.1) is 16.6 Å². The van der Waals surface area contributed by atoms with Crippen LogP contribution in [0.5, 0.6) is 0 Å². The Labute approximate surface area is 135 Å². The molecule has 1 atom stereocenters. The zero-order valence-corrected chi connectivity index (χ0v) is 13.6. The van der Waals surface area contributed by atoms with Crippen molar-refractivity contribution >= 4 is 17.5 Å². The van der Waals surface area contributed by atoms with E-state index in [1.54, 1.807) is 0 Å². The lowest BCUT2D eigenvalue weighted by atomic mass is 9.99. The number of carbonyl (C=O) groups is 1. The lowest BCUT2D eigenvalue weighted by Crippen LogP contribution is -2.27. The van der Waals surface area contributed by atoms with Gasteiger partial charge in [-0.2, -0.15) is 0 Å². The van der Waals surface area contributed by atoms with Crippen LogP contribution in [0, 0.1) is 5.82 Å². The van der Waals surface area contributed by atoms with Gasteiger partial charge < -0.3 is 5.32 Å². The minimum absolute atomic E-state index is 0.111. The van der Waals surface area contributed by atoms with Crippen molar-refractivity contribution in [1.29, 1.82) is 0 Å². The zero-order chi connectivity index (χ0) is 16.3. The largest absolute Gasteiger partial charge is 0.345 e. The van der Waals surface area contributed by atoms with E-state index in [2.05, 4.69) is 19.2 Å². The highest BCUT2D eigenvalue weighted by molar-refractivity contribution is 6.33. The molecule has 0 aliphatic heterocycles. The van der Waals surface area contributed by atoms with Crippen molar-refractivity contribution in [2.45, 2.75) is 32.7 Å². The maximum absolute atomic E-state index is 13.8. The van der Waals surface area contributed by atoms with E-state index >= 15 is 0 Å². The van der Waals surface area contributed by atoms with E-state index in [-0.39, 0.29) is 16.6 Å². The van der Waals surface area contributed by atoms with E-state index in [0.717, 1.165) is 5.56 Å². The Bertz CT molecular complexity index is 647. The Balaban J connectivity index is 2.14. The Morgan fingerprint density at radius 2 is 1.64 bits per heavy atom. The molecular weight excluding hydrogens is 301 g/mol. The summed E-state index contributed by atoms with van der Waals surface area (Å²) in [5.41, 5.74) is 2.08. The van der Waals surface area contributed by atoms with Crippen LogP contribution < -0.4 is 5.32 Å². The van der Waals surface area contributed by atoms with Gasteiger partial charge in [0.15, 0.2) is 0 Å². The third-order valence-electron chi connectivity index (χ3n) is 3.64. The van der Waals surface area contributed by atoms with Gasteiger partial charge in [0.2, 0.25) is 0 Å². The van der Waals surface area contributed by atoms with Crippen LogP contribution in [0.15, 0.2) is 42.5 Å². The summed E-state index contributed by atoms with van der Waals surface area (Å²) in [6.07, 6.45) is 0. The summed E-state index contributed by atoms with van der Waals surface area (Å²) in [6.45, 7) is 6.11. The van der Waals surface area contributed by atoms with E-state index in [4.69, 9.17) is 11.6 Å². The lowest BCUT2D eigenvalue weighted by Gasteiger charge is -2.16. The van der Waals surface area contributed by atoms with Gasteiger partial charge in [-0.3, -0.25) is 4.79 Å². The molecule has 116 valence electrons. The third kappa shape index (κ3) is 3.66. The number of carbonyl (C=O) groups excluding carboxylic acids is 1. The maximum atomic E-state index is 13.8. The Morgan fingerprint density at radius 1 is 1.05 bits per heavy atom. The lowest BCUT2D eigenvalue weighted by molar-refractivity contribution is 0.0936. The summed E-state index contributed by atoms with van der Waals surface area (Å²) in [5, 5.41) is 2.89. The van der Waals surface area contributed by atoms with Gasteiger partial charge in [0.1, 0.15) is 5.82 Å². The molecule has 0 aromatic heterocycles. The van der Waals surface area contributed by atoms with Gasteiger partial charge in [-0.05, 0) is 36.1 Å². The fourth-order valence-corrected chi connectivity index (χ4v) is 2.49. The minimum Gasteiger partial charge on any atom is -0.345 e. The number of nitrogens with one attached hydrogen (secondary N) is 1. The molecule has 2 aromatic rings. The first-order valence-corrected chi connectivity index (χ1v) is 7.62. The van der Waals surface area contributed by atoms with E-state index < -0.39 is 11.7 Å². The average molecular weight is 320 g/mol. The van der Waals surface area contributed by atoms with Crippen molar-refractivity contribution in [3.63, 3.8) is 0 Å². The van der Waals surface area contributed by atoms with Gasteiger partial charge in [0.25, 0.3) is 5.91 Å². The second-order valence-corrected chi connectivity index (χ2v) is 6.02. The molecule has 1 N–H and O–H groups in total. The molecule has 2 nitrogen and oxygen atoms in total. The average Bonchev–Trinajstić information content (AvgIpc) is 2.47. The summed E-state index contributed by atoms with van der Waals surface area (Å²) in [6, 6.07) is 12.0. The highest BCUT2D eigenvalue weighted by Crippen LogP contribution is 2.22. The normalized spacial score (nSPS) is 12.3. The van der Waals surface area contributed by atoms with Crippen LogP contribution in [0.2, 0.25) is 5.02 Å². The molecule has 2 rings (SSSR count). The second-order valence-electron chi connectivity index (χ2n) is 5.61. The minimum atomic E-state index is -0.618. The molecule has 0 aliphatic rings. The highest BCUT2D eigenvalue weighted by Gasteiger charge is 2.18. The van der Waals surface area contributed by atoms with Gasteiger partial charge in [-0.15, -0.1) is 0 Å². The molecule has 0 saturated carbocycles.